The van der Waals surface area contributed by atoms with Crippen molar-refractivity contribution < 1.29 is 19.4 Å². The third-order valence-electron chi connectivity index (χ3n) is 4.50. The quantitative estimate of drug-likeness (QED) is 0.754. The number of methoxy groups -OCH3 is 1. The average Bonchev–Trinajstić information content (AvgIpc) is 2.62. The summed E-state index contributed by atoms with van der Waals surface area (Å²) in [6, 6.07) is 14.3. The number of carboxylic acids is 1. The molecule has 0 spiro atoms. The van der Waals surface area contributed by atoms with E-state index in [0.717, 1.165) is 22.4 Å². The number of carbonyl (C=O) groups is 2. The van der Waals surface area contributed by atoms with Crippen LogP contribution < -0.4 is 10.1 Å². The predicted octanol–water partition coefficient (Wildman–Crippen LogP) is 3.83. The molecule has 0 fully saturated rings. The van der Waals surface area contributed by atoms with Gasteiger partial charge in [-0.05, 0) is 42.2 Å². The molecule has 2 aromatic rings. The summed E-state index contributed by atoms with van der Waals surface area (Å²) in [7, 11) is 1.59. The first-order valence-electron chi connectivity index (χ1n) is 8.67. The minimum Gasteiger partial charge on any atom is -0.497 e. The Morgan fingerprint density at radius 3 is 2.31 bits per heavy atom. The van der Waals surface area contributed by atoms with Crippen molar-refractivity contribution in [3.05, 3.63) is 65.2 Å². The number of nitrogens with one attached hydrogen (secondary N) is 1. The molecule has 2 unspecified atom stereocenters. The second-order valence-corrected chi connectivity index (χ2v) is 6.25. The van der Waals surface area contributed by atoms with Crippen LogP contribution in [0.4, 0.5) is 0 Å². The fourth-order valence-electron chi connectivity index (χ4n) is 3.07. The van der Waals surface area contributed by atoms with Gasteiger partial charge in [0.2, 0.25) is 5.91 Å². The number of aliphatic carboxylic acids is 1. The van der Waals surface area contributed by atoms with Crippen molar-refractivity contribution in [1.82, 2.24) is 5.32 Å². The van der Waals surface area contributed by atoms with Gasteiger partial charge in [0.05, 0.1) is 25.5 Å². The molecule has 0 saturated heterocycles. The molecule has 0 radical (unpaired) electrons. The molecular formula is C21H25NO4. The molecule has 2 aromatic carbocycles. The van der Waals surface area contributed by atoms with E-state index in [2.05, 4.69) is 5.32 Å². The highest BCUT2D eigenvalue weighted by Gasteiger charge is 2.25. The Hall–Kier alpha value is -2.82. The minimum atomic E-state index is -0.948. The summed E-state index contributed by atoms with van der Waals surface area (Å²) < 4.78 is 5.16. The average molecular weight is 355 g/mol. The highest BCUT2D eigenvalue weighted by molar-refractivity contribution is 5.84. The smallest absolute Gasteiger partial charge is 0.305 e. The first-order chi connectivity index (χ1) is 12.5. The van der Waals surface area contributed by atoms with Crippen LogP contribution in [0, 0.1) is 6.92 Å². The molecule has 0 aliphatic carbocycles. The first-order valence-corrected chi connectivity index (χ1v) is 8.67. The number of benzene rings is 2. The van der Waals surface area contributed by atoms with Gasteiger partial charge >= 0.3 is 5.97 Å². The lowest BCUT2D eigenvalue weighted by Gasteiger charge is -2.23. The number of carbonyl (C=O) groups excluding carboxylic acids is 1. The van der Waals surface area contributed by atoms with Gasteiger partial charge in [-0.25, -0.2) is 0 Å². The van der Waals surface area contributed by atoms with E-state index >= 15 is 0 Å². The molecule has 0 aliphatic heterocycles. The molecule has 0 aromatic heterocycles. The summed E-state index contributed by atoms with van der Waals surface area (Å²) in [5, 5.41) is 12.2. The van der Waals surface area contributed by atoms with Crippen molar-refractivity contribution >= 4 is 11.9 Å². The molecule has 0 saturated carbocycles. The molecule has 2 atom stereocenters. The van der Waals surface area contributed by atoms with E-state index in [-0.39, 0.29) is 18.2 Å². The Balaban J connectivity index is 2.23. The molecule has 5 heteroatoms. The maximum atomic E-state index is 12.9. The molecule has 0 heterocycles. The summed E-state index contributed by atoms with van der Waals surface area (Å²) in [4.78, 5) is 24.2. The van der Waals surface area contributed by atoms with Crippen molar-refractivity contribution in [3.63, 3.8) is 0 Å². The summed E-state index contributed by atoms with van der Waals surface area (Å²) in [5.41, 5.74) is 2.66. The Kier molecular flexibility index (Phi) is 6.78. The highest BCUT2D eigenvalue weighted by Crippen LogP contribution is 2.26. The Bertz CT molecular complexity index is 755. The van der Waals surface area contributed by atoms with Crippen LogP contribution in [0.25, 0.3) is 0 Å². The number of hydrogen-bond acceptors (Lipinski definition) is 3. The standard InChI is InChI=1S/C21H25NO4/c1-4-17(15-9-11-16(26-3)12-10-15)21(25)22-19(13-20(23)24)18-8-6-5-7-14(18)2/h5-12,17,19H,4,13H2,1-3H3,(H,22,25)(H,23,24). The maximum Gasteiger partial charge on any atom is 0.305 e. The van der Waals surface area contributed by atoms with Crippen LogP contribution in [0.15, 0.2) is 48.5 Å². The predicted molar refractivity (Wildman–Crippen MR) is 100 cm³/mol. The molecular weight excluding hydrogens is 330 g/mol. The molecule has 0 bridgehead atoms. The summed E-state index contributed by atoms with van der Waals surface area (Å²) in [6.45, 7) is 3.85. The Labute approximate surface area is 154 Å². The van der Waals surface area contributed by atoms with Gasteiger partial charge in [-0.2, -0.15) is 0 Å². The van der Waals surface area contributed by atoms with Gasteiger partial charge in [-0.15, -0.1) is 0 Å². The SMILES string of the molecule is CCC(C(=O)NC(CC(=O)O)c1ccccc1C)c1ccc(OC)cc1. The number of ether oxygens (including phenoxy) is 1. The largest absolute Gasteiger partial charge is 0.497 e. The van der Waals surface area contributed by atoms with E-state index < -0.39 is 12.0 Å². The molecule has 2 N–H and O–H groups in total. The van der Waals surface area contributed by atoms with Crippen molar-refractivity contribution in [2.75, 3.05) is 7.11 Å². The topological polar surface area (TPSA) is 75.6 Å². The van der Waals surface area contributed by atoms with Gasteiger partial charge in [0.25, 0.3) is 0 Å². The number of amides is 1. The zero-order valence-electron chi connectivity index (χ0n) is 15.4. The minimum absolute atomic E-state index is 0.157. The van der Waals surface area contributed by atoms with E-state index in [9.17, 15) is 14.7 Å². The van der Waals surface area contributed by atoms with Crippen LogP contribution in [0.3, 0.4) is 0 Å². The van der Waals surface area contributed by atoms with Crippen molar-refractivity contribution in [2.45, 2.75) is 38.6 Å². The van der Waals surface area contributed by atoms with Gasteiger partial charge in [0.15, 0.2) is 0 Å². The lowest BCUT2D eigenvalue weighted by Crippen LogP contribution is -2.34. The van der Waals surface area contributed by atoms with E-state index in [1.807, 2.05) is 62.4 Å². The van der Waals surface area contributed by atoms with Crippen molar-refractivity contribution in [2.24, 2.45) is 0 Å². The first kappa shape index (κ1) is 19.5. The third-order valence-corrected chi connectivity index (χ3v) is 4.50. The van der Waals surface area contributed by atoms with E-state index in [1.165, 1.54) is 0 Å². The number of rotatable bonds is 8. The van der Waals surface area contributed by atoms with E-state index in [0.29, 0.717) is 6.42 Å². The monoisotopic (exact) mass is 355 g/mol. The summed E-state index contributed by atoms with van der Waals surface area (Å²) in [6.07, 6.45) is 0.460. The maximum absolute atomic E-state index is 12.9. The molecule has 1 amide bonds. The Morgan fingerprint density at radius 2 is 1.77 bits per heavy atom. The van der Waals surface area contributed by atoms with Crippen molar-refractivity contribution in [3.8, 4) is 5.75 Å². The second-order valence-electron chi connectivity index (χ2n) is 6.25. The number of aryl methyl sites for hydroxylation is 1. The normalized spacial score (nSPS) is 12.9. The fraction of sp³-hybridized carbons (Fsp3) is 0.333. The van der Waals surface area contributed by atoms with Crippen LogP contribution in [-0.4, -0.2) is 24.1 Å². The van der Waals surface area contributed by atoms with E-state index in [4.69, 9.17) is 4.74 Å². The molecule has 138 valence electrons. The second kappa shape index (κ2) is 9.04. The zero-order chi connectivity index (χ0) is 19.1. The van der Waals surface area contributed by atoms with Gasteiger partial charge in [0.1, 0.15) is 5.75 Å². The molecule has 5 nitrogen and oxygen atoms in total. The number of hydrogen-bond donors (Lipinski definition) is 2. The lowest BCUT2D eigenvalue weighted by atomic mass is 9.93. The molecule has 26 heavy (non-hydrogen) atoms. The number of carboxylic acid groups (broad SMARTS) is 1. The van der Waals surface area contributed by atoms with Crippen LogP contribution in [-0.2, 0) is 9.59 Å². The summed E-state index contributed by atoms with van der Waals surface area (Å²) >= 11 is 0. The molecule has 2 rings (SSSR count). The van der Waals surface area contributed by atoms with Crippen LogP contribution in [0.2, 0.25) is 0 Å². The fourth-order valence-corrected chi connectivity index (χ4v) is 3.07. The van der Waals surface area contributed by atoms with Crippen LogP contribution in [0.5, 0.6) is 5.75 Å². The Morgan fingerprint density at radius 1 is 1.12 bits per heavy atom. The zero-order valence-corrected chi connectivity index (χ0v) is 15.4. The van der Waals surface area contributed by atoms with Crippen LogP contribution >= 0.6 is 0 Å². The van der Waals surface area contributed by atoms with Gasteiger partial charge < -0.3 is 15.2 Å². The van der Waals surface area contributed by atoms with Gasteiger partial charge in [-0.1, -0.05) is 43.3 Å². The highest BCUT2D eigenvalue weighted by atomic mass is 16.5. The third kappa shape index (κ3) is 4.85. The molecule has 0 aliphatic rings. The van der Waals surface area contributed by atoms with Gasteiger partial charge in [-0.3, -0.25) is 9.59 Å². The van der Waals surface area contributed by atoms with E-state index in [1.54, 1.807) is 7.11 Å². The van der Waals surface area contributed by atoms with Gasteiger partial charge in [0, 0.05) is 0 Å². The van der Waals surface area contributed by atoms with Crippen LogP contribution in [0.1, 0.15) is 48.4 Å². The van der Waals surface area contributed by atoms with Crippen molar-refractivity contribution in [1.29, 1.82) is 0 Å². The summed E-state index contributed by atoms with van der Waals surface area (Å²) in [5.74, 6) is -0.739. The lowest BCUT2D eigenvalue weighted by molar-refractivity contribution is -0.137.